The van der Waals surface area contributed by atoms with Crippen LogP contribution in [0.3, 0.4) is 0 Å². The molecular weight excluding hydrogens is 296 g/mol. The van der Waals surface area contributed by atoms with Gasteiger partial charge in [0, 0.05) is 28.3 Å². The summed E-state index contributed by atoms with van der Waals surface area (Å²) in [5.41, 5.74) is 0.999. The first-order chi connectivity index (χ1) is 8.43. The normalized spacial score (nSPS) is 14.0. The molecule has 4 nitrogen and oxygen atoms in total. The topological polar surface area (TPSA) is 55.2 Å². The van der Waals surface area contributed by atoms with Crippen LogP contribution in [0.2, 0.25) is 0 Å². The van der Waals surface area contributed by atoms with Gasteiger partial charge in [0.05, 0.1) is 4.92 Å². The molecule has 2 unspecified atom stereocenters. The van der Waals surface area contributed by atoms with E-state index < -0.39 is 4.92 Å². The van der Waals surface area contributed by atoms with E-state index in [0.717, 1.165) is 23.0 Å². The molecular formula is C13H19BrN2O2. The fraction of sp³-hybridized carbons (Fsp3) is 0.538. The number of non-ortho nitro benzene ring substituents is 1. The Balaban J connectivity index is 2.70. The van der Waals surface area contributed by atoms with Crippen molar-refractivity contribution in [3.8, 4) is 0 Å². The van der Waals surface area contributed by atoms with Crippen LogP contribution in [0.4, 0.5) is 11.4 Å². The maximum atomic E-state index is 10.6. The van der Waals surface area contributed by atoms with E-state index in [1.807, 2.05) is 0 Å². The summed E-state index contributed by atoms with van der Waals surface area (Å²) < 4.78 is 0.729. The molecule has 2 atom stereocenters. The molecule has 18 heavy (non-hydrogen) atoms. The highest BCUT2D eigenvalue weighted by atomic mass is 79.9. The molecule has 0 saturated heterocycles. The first-order valence-electron chi connectivity index (χ1n) is 6.14. The SMILES string of the molecule is CCC(C)CC(C)Nc1ccc([N+](=O)[O-])cc1Br. The average Bonchev–Trinajstić information content (AvgIpc) is 2.31. The van der Waals surface area contributed by atoms with Gasteiger partial charge in [0.1, 0.15) is 0 Å². The lowest BCUT2D eigenvalue weighted by Crippen LogP contribution is -2.18. The summed E-state index contributed by atoms with van der Waals surface area (Å²) in [6.45, 7) is 6.53. The molecule has 0 heterocycles. The Morgan fingerprint density at radius 1 is 1.44 bits per heavy atom. The molecule has 0 aliphatic carbocycles. The monoisotopic (exact) mass is 314 g/mol. The first kappa shape index (κ1) is 15.0. The van der Waals surface area contributed by atoms with Gasteiger partial charge < -0.3 is 5.32 Å². The lowest BCUT2D eigenvalue weighted by atomic mass is 10.0. The minimum Gasteiger partial charge on any atom is -0.382 e. The number of hydrogen-bond donors (Lipinski definition) is 1. The van der Waals surface area contributed by atoms with Crippen LogP contribution in [-0.4, -0.2) is 11.0 Å². The molecule has 0 spiro atoms. The van der Waals surface area contributed by atoms with Gasteiger partial charge in [-0.3, -0.25) is 10.1 Å². The molecule has 1 aromatic carbocycles. The van der Waals surface area contributed by atoms with E-state index in [1.165, 1.54) is 12.1 Å². The molecule has 1 aromatic rings. The van der Waals surface area contributed by atoms with Crippen LogP contribution < -0.4 is 5.32 Å². The van der Waals surface area contributed by atoms with Crippen LogP contribution >= 0.6 is 15.9 Å². The van der Waals surface area contributed by atoms with E-state index >= 15 is 0 Å². The lowest BCUT2D eigenvalue weighted by molar-refractivity contribution is -0.384. The molecule has 0 radical (unpaired) electrons. The second kappa shape index (κ2) is 6.73. The Morgan fingerprint density at radius 2 is 2.11 bits per heavy atom. The van der Waals surface area contributed by atoms with Gasteiger partial charge >= 0.3 is 0 Å². The van der Waals surface area contributed by atoms with Crippen molar-refractivity contribution in [1.82, 2.24) is 0 Å². The lowest BCUT2D eigenvalue weighted by Gasteiger charge is -2.19. The third kappa shape index (κ3) is 4.29. The van der Waals surface area contributed by atoms with Gasteiger partial charge in [-0.2, -0.15) is 0 Å². The van der Waals surface area contributed by atoms with E-state index in [-0.39, 0.29) is 5.69 Å². The number of nitrogens with one attached hydrogen (secondary N) is 1. The van der Waals surface area contributed by atoms with Crippen molar-refractivity contribution in [2.45, 2.75) is 39.7 Å². The summed E-state index contributed by atoms with van der Waals surface area (Å²) in [4.78, 5) is 10.2. The number of rotatable bonds is 6. The highest BCUT2D eigenvalue weighted by Gasteiger charge is 2.12. The second-order valence-corrected chi connectivity index (χ2v) is 5.57. The van der Waals surface area contributed by atoms with Crippen LogP contribution in [0, 0.1) is 16.0 Å². The van der Waals surface area contributed by atoms with Crippen molar-refractivity contribution in [3.05, 3.63) is 32.8 Å². The number of halogens is 1. The summed E-state index contributed by atoms with van der Waals surface area (Å²) in [7, 11) is 0. The second-order valence-electron chi connectivity index (χ2n) is 4.72. The first-order valence-corrected chi connectivity index (χ1v) is 6.93. The predicted molar refractivity (Wildman–Crippen MR) is 78.0 cm³/mol. The van der Waals surface area contributed by atoms with E-state index in [4.69, 9.17) is 0 Å². The Bertz CT molecular complexity index is 423. The molecule has 1 rings (SSSR count). The van der Waals surface area contributed by atoms with Crippen molar-refractivity contribution >= 4 is 27.3 Å². The van der Waals surface area contributed by atoms with Crippen LogP contribution in [-0.2, 0) is 0 Å². The maximum absolute atomic E-state index is 10.6. The molecule has 5 heteroatoms. The molecule has 0 aliphatic rings. The van der Waals surface area contributed by atoms with E-state index in [1.54, 1.807) is 6.07 Å². The van der Waals surface area contributed by atoms with Crippen molar-refractivity contribution in [3.63, 3.8) is 0 Å². The number of anilines is 1. The van der Waals surface area contributed by atoms with Gasteiger partial charge in [-0.25, -0.2) is 0 Å². The minimum atomic E-state index is -0.392. The third-order valence-corrected chi connectivity index (χ3v) is 3.67. The van der Waals surface area contributed by atoms with Gasteiger partial charge in [0.25, 0.3) is 5.69 Å². The Kier molecular flexibility index (Phi) is 5.59. The van der Waals surface area contributed by atoms with Crippen LogP contribution in [0.15, 0.2) is 22.7 Å². The molecule has 0 bridgehead atoms. The van der Waals surface area contributed by atoms with Gasteiger partial charge in [-0.15, -0.1) is 0 Å². The Morgan fingerprint density at radius 3 is 2.61 bits per heavy atom. The maximum Gasteiger partial charge on any atom is 0.270 e. The fourth-order valence-corrected chi connectivity index (χ4v) is 2.31. The fourth-order valence-electron chi connectivity index (χ4n) is 1.83. The average molecular weight is 315 g/mol. The molecule has 0 saturated carbocycles. The molecule has 0 aromatic heterocycles. The summed E-state index contributed by atoms with van der Waals surface area (Å²) >= 11 is 3.36. The summed E-state index contributed by atoms with van der Waals surface area (Å²) in [6, 6.07) is 5.13. The Hall–Kier alpha value is -1.10. The number of nitro groups is 1. The number of nitrogens with zero attached hydrogens (tertiary/aromatic N) is 1. The number of hydrogen-bond acceptors (Lipinski definition) is 3. The summed E-state index contributed by atoms with van der Waals surface area (Å²) in [6.07, 6.45) is 2.24. The standard InChI is InChI=1S/C13H19BrN2O2/c1-4-9(2)7-10(3)15-13-6-5-11(16(17)18)8-12(13)14/h5-6,8-10,15H,4,7H2,1-3H3. The molecule has 1 N–H and O–H groups in total. The predicted octanol–water partition coefficient (Wildman–Crippen LogP) is 4.59. The van der Waals surface area contributed by atoms with Gasteiger partial charge in [-0.05, 0) is 41.3 Å². The largest absolute Gasteiger partial charge is 0.382 e. The highest BCUT2D eigenvalue weighted by molar-refractivity contribution is 9.10. The van der Waals surface area contributed by atoms with Crippen molar-refractivity contribution in [2.24, 2.45) is 5.92 Å². The van der Waals surface area contributed by atoms with E-state index in [2.05, 4.69) is 42.0 Å². The van der Waals surface area contributed by atoms with E-state index in [0.29, 0.717) is 12.0 Å². The zero-order chi connectivity index (χ0) is 13.7. The van der Waals surface area contributed by atoms with E-state index in [9.17, 15) is 10.1 Å². The molecule has 0 fully saturated rings. The van der Waals surface area contributed by atoms with Crippen molar-refractivity contribution in [1.29, 1.82) is 0 Å². The van der Waals surface area contributed by atoms with Crippen molar-refractivity contribution < 1.29 is 4.92 Å². The van der Waals surface area contributed by atoms with Gasteiger partial charge in [0.2, 0.25) is 0 Å². The van der Waals surface area contributed by atoms with Crippen molar-refractivity contribution in [2.75, 3.05) is 5.32 Å². The molecule has 0 aliphatic heterocycles. The van der Waals surface area contributed by atoms with Crippen LogP contribution in [0.1, 0.15) is 33.6 Å². The van der Waals surface area contributed by atoms with Crippen LogP contribution in [0.5, 0.6) is 0 Å². The zero-order valence-corrected chi connectivity index (χ0v) is 12.5. The van der Waals surface area contributed by atoms with Gasteiger partial charge in [0.15, 0.2) is 0 Å². The Labute approximate surface area is 116 Å². The zero-order valence-electron chi connectivity index (χ0n) is 10.9. The summed E-state index contributed by atoms with van der Waals surface area (Å²) in [5, 5.41) is 14.0. The number of benzene rings is 1. The summed E-state index contributed by atoms with van der Waals surface area (Å²) in [5.74, 6) is 0.671. The number of nitro benzene ring substituents is 1. The molecule has 100 valence electrons. The highest BCUT2D eigenvalue weighted by Crippen LogP contribution is 2.28. The smallest absolute Gasteiger partial charge is 0.270 e. The third-order valence-electron chi connectivity index (χ3n) is 3.02. The van der Waals surface area contributed by atoms with Gasteiger partial charge in [-0.1, -0.05) is 20.3 Å². The quantitative estimate of drug-likeness (QED) is 0.617. The molecule has 0 amide bonds. The minimum absolute atomic E-state index is 0.0991. The van der Waals surface area contributed by atoms with Crippen LogP contribution in [0.25, 0.3) is 0 Å².